The quantitative estimate of drug-likeness (QED) is 0.400. The molecular weight excluding hydrogens is 368 g/mol. The predicted molar refractivity (Wildman–Crippen MR) is 108 cm³/mol. The second kappa shape index (κ2) is 6.24. The van der Waals surface area contributed by atoms with Crippen LogP contribution in [-0.2, 0) is 16.0 Å². The number of fused-ring (bicyclic) bond motifs is 4. The van der Waals surface area contributed by atoms with Gasteiger partial charge in [-0.05, 0) is 36.2 Å². The first-order chi connectivity index (χ1) is 14.0. The van der Waals surface area contributed by atoms with Crippen LogP contribution < -0.4 is 4.74 Å². The minimum absolute atomic E-state index is 0.108. The zero-order chi connectivity index (χ0) is 20.3. The van der Waals surface area contributed by atoms with Gasteiger partial charge >= 0.3 is 0 Å². The van der Waals surface area contributed by atoms with Gasteiger partial charge < -0.3 is 19.7 Å². The average molecular weight is 388 g/mol. The Kier molecular flexibility index (Phi) is 3.77. The van der Waals surface area contributed by atoms with Crippen molar-refractivity contribution in [3.05, 3.63) is 76.7 Å². The molecule has 0 bridgehead atoms. The number of amides is 1. The molecule has 2 N–H and O–H groups in total. The highest BCUT2D eigenvalue weighted by molar-refractivity contribution is 6.27. The fourth-order valence-corrected chi connectivity index (χ4v) is 4.61. The Labute approximate surface area is 167 Å². The molecule has 2 aromatic carbocycles. The van der Waals surface area contributed by atoms with Crippen LogP contribution in [-0.4, -0.2) is 39.8 Å². The Morgan fingerprint density at radius 1 is 1.14 bits per heavy atom. The number of methoxy groups -OCH3 is 1. The number of aliphatic hydroxyl groups excluding tert-OH is 1. The van der Waals surface area contributed by atoms with Crippen molar-refractivity contribution >= 4 is 22.6 Å². The van der Waals surface area contributed by atoms with Gasteiger partial charge in [-0.2, -0.15) is 0 Å². The smallest absolute Gasteiger partial charge is 0.262 e. The number of para-hydroxylation sites is 1. The standard InChI is InChI=1S/C23H20N2O4/c1-12(26)19-22(27)18-11-16-15-5-3-4-6-17(15)24-20(16)21(25(18)23(19)28)13-7-9-14(29-2)10-8-13/h3-10,18,21,24,26H,11H2,1-2H3/b19-12-/t18-,21+/m0/s1. The number of nitrogens with zero attached hydrogens (tertiary/aromatic N) is 1. The number of aromatic amines is 1. The summed E-state index contributed by atoms with van der Waals surface area (Å²) in [4.78, 5) is 31.3. The van der Waals surface area contributed by atoms with Gasteiger partial charge in [-0.25, -0.2) is 0 Å². The molecule has 0 radical (unpaired) electrons. The summed E-state index contributed by atoms with van der Waals surface area (Å²) in [7, 11) is 1.60. The molecule has 6 nitrogen and oxygen atoms in total. The maximum absolute atomic E-state index is 13.2. The van der Waals surface area contributed by atoms with Crippen molar-refractivity contribution in [3.63, 3.8) is 0 Å². The van der Waals surface area contributed by atoms with Crippen molar-refractivity contribution in [2.24, 2.45) is 0 Å². The number of allylic oxidation sites excluding steroid dienone is 1. The van der Waals surface area contributed by atoms with Gasteiger partial charge in [0, 0.05) is 23.0 Å². The number of carbonyl (C=O) groups excluding carboxylic acids is 2. The van der Waals surface area contributed by atoms with E-state index in [2.05, 4.69) is 4.98 Å². The maximum Gasteiger partial charge on any atom is 0.262 e. The fraction of sp³-hybridized carbons (Fsp3) is 0.217. The molecule has 1 aromatic heterocycles. The summed E-state index contributed by atoms with van der Waals surface area (Å²) >= 11 is 0. The molecule has 5 rings (SSSR count). The molecule has 146 valence electrons. The lowest BCUT2D eigenvalue weighted by Gasteiger charge is -2.37. The number of ketones is 1. The SMILES string of the molecule is COc1ccc([C@@H]2c3[nH]c4ccccc4c3C[C@H]3C(=O)/C(=C(\C)O)C(=O)N23)cc1. The third kappa shape index (κ3) is 2.42. The van der Waals surface area contributed by atoms with E-state index in [-0.39, 0.29) is 17.1 Å². The number of nitrogens with one attached hydrogen (secondary N) is 1. The van der Waals surface area contributed by atoms with Crippen LogP contribution in [0.5, 0.6) is 5.75 Å². The Morgan fingerprint density at radius 3 is 2.55 bits per heavy atom. The van der Waals surface area contributed by atoms with Gasteiger partial charge in [0.05, 0.1) is 13.2 Å². The monoisotopic (exact) mass is 388 g/mol. The summed E-state index contributed by atoms with van der Waals surface area (Å²) in [6.07, 6.45) is 0.424. The lowest BCUT2D eigenvalue weighted by atomic mass is 9.88. The lowest BCUT2D eigenvalue weighted by Crippen LogP contribution is -2.44. The predicted octanol–water partition coefficient (Wildman–Crippen LogP) is 3.43. The molecule has 3 aromatic rings. The van der Waals surface area contributed by atoms with Crippen molar-refractivity contribution in [3.8, 4) is 5.75 Å². The number of aromatic nitrogens is 1. The first-order valence-corrected chi connectivity index (χ1v) is 9.51. The van der Waals surface area contributed by atoms with Crippen LogP contribution in [0, 0.1) is 0 Å². The Balaban J connectivity index is 1.75. The highest BCUT2D eigenvalue weighted by atomic mass is 16.5. The van der Waals surface area contributed by atoms with Gasteiger partial charge in [-0.15, -0.1) is 0 Å². The first kappa shape index (κ1) is 17.6. The van der Waals surface area contributed by atoms with Crippen LogP contribution >= 0.6 is 0 Å². The van der Waals surface area contributed by atoms with Gasteiger partial charge in [-0.1, -0.05) is 30.3 Å². The number of carbonyl (C=O) groups is 2. The Bertz CT molecular complexity index is 1190. The van der Waals surface area contributed by atoms with E-state index in [1.165, 1.54) is 6.92 Å². The summed E-state index contributed by atoms with van der Waals surface area (Å²) in [6, 6.07) is 14.4. The summed E-state index contributed by atoms with van der Waals surface area (Å²) in [5.74, 6) is -0.250. The lowest BCUT2D eigenvalue weighted by molar-refractivity contribution is -0.129. The average Bonchev–Trinajstić information content (AvgIpc) is 3.22. The Morgan fingerprint density at radius 2 is 1.86 bits per heavy atom. The highest BCUT2D eigenvalue weighted by Gasteiger charge is 2.51. The van der Waals surface area contributed by atoms with E-state index < -0.39 is 18.0 Å². The molecule has 6 heteroatoms. The molecule has 0 saturated carbocycles. The Hall–Kier alpha value is -3.54. The normalized spacial score (nSPS) is 22.6. The molecule has 1 fully saturated rings. The fourth-order valence-electron chi connectivity index (χ4n) is 4.61. The minimum atomic E-state index is -0.626. The third-order valence-electron chi connectivity index (χ3n) is 5.92. The number of benzene rings is 2. The zero-order valence-electron chi connectivity index (χ0n) is 16.1. The van der Waals surface area contributed by atoms with E-state index in [9.17, 15) is 14.7 Å². The summed E-state index contributed by atoms with van der Waals surface area (Å²) < 4.78 is 5.26. The van der Waals surface area contributed by atoms with Crippen molar-refractivity contribution in [1.29, 1.82) is 0 Å². The number of ether oxygens (including phenoxy) is 1. The maximum atomic E-state index is 13.2. The summed E-state index contributed by atoms with van der Waals surface area (Å²) in [5, 5.41) is 11.0. The van der Waals surface area contributed by atoms with E-state index in [0.29, 0.717) is 12.2 Å². The van der Waals surface area contributed by atoms with Crippen LogP contribution in [0.3, 0.4) is 0 Å². The number of H-pyrrole nitrogens is 1. The van der Waals surface area contributed by atoms with Crippen LogP contribution in [0.15, 0.2) is 59.9 Å². The molecular formula is C23H20N2O4. The van der Waals surface area contributed by atoms with E-state index in [4.69, 9.17) is 4.74 Å². The summed E-state index contributed by atoms with van der Waals surface area (Å²) in [6.45, 7) is 1.39. The molecule has 2 aliphatic heterocycles. The van der Waals surface area contributed by atoms with Gasteiger partial charge in [0.1, 0.15) is 23.1 Å². The molecule has 0 aliphatic carbocycles. The van der Waals surface area contributed by atoms with E-state index in [1.807, 2.05) is 48.5 Å². The highest BCUT2D eigenvalue weighted by Crippen LogP contribution is 2.45. The molecule has 0 unspecified atom stereocenters. The van der Waals surface area contributed by atoms with Crippen LogP contribution in [0.4, 0.5) is 0 Å². The molecule has 29 heavy (non-hydrogen) atoms. The second-order valence-corrected chi connectivity index (χ2v) is 7.50. The first-order valence-electron chi connectivity index (χ1n) is 9.51. The summed E-state index contributed by atoms with van der Waals surface area (Å²) in [5.41, 5.74) is 3.70. The van der Waals surface area contributed by atoms with Gasteiger partial charge in [0.15, 0.2) is 5.78 Å². The van der Waals surface area contributed by atoms with Crippen molar-refractivity contribution in [2.75, 3.05) is 7.11 Å². The van der Waals surface area contributed by atoms with Gasteiger partial charge in [0.2, 0.25) is 0 Å². The molecule has 2 aliphatic rings. The van der Waals surface area contributed by atoms with Gasteiger partial charge in [0.25, 0.3) is 5.91 Å². The van der Waals surface area contributed by atoms with E-state index >= 15 is 0 Å². The third-order valence-corrected chi connectivity index (χ3v) is 5.92. The van der Waals surface area contributed by atoms with Crippen LogP contribution in [0.25, 0.3) is 10.9 Å². The largest absolute Gasteiger partial charge is 0.512 e. The number of rotatable bonds is 2. The molecule has 2 atom stereocenters. The van der Waals surface area contributed by atoms with E-state index in [1.54, 1.807) is 12.0 Å². The number of Topliss-reactive ketones (excluding diaryl/α,β-unsaturated/α-hetero) is 1. The number of hydrogen-bond acceptors (Lipinski definition) is 4. The molecule has 0 spiro atoms. The zero-order valence-corrected chi connectivity index (χ0v) is 16.1. The number of aliphatic hydroxyl groups is 1. The second-order valence-electron chi connectivity index (χ2n) is 7.50. The van der Waals surface area contributed by atoms with Crippen molar-refractivity contribution in [2.45, 2.75) is 25.4 Å². The van der Waals surface area contributed by atoms with Crippen LogP contribution in [0.1, 0.15) is 29.8 Å². The molecule has 1 amide bonds. The van der Waals surface area contributed by atoms with Crippen LogP contribution in [0.2, 0.25) is 0 Å². The van der Waals surface area contributed by atoms with Crippen molar-refractivity contribution < 1.29 is 19.4 Å². The van der Waals surface area contributed by atoms with E-state index in [0.717, 1.165) is 27.7 Å². The molecule has 1 saturated heterocycles. The topological polar surface area (TPSA) is 82.6 Å². The van der Waals surface area contributed by atoms with Crippen molar-refractivity contribution in [1.82, 2.24) is 9.88 Å². The minimum Gasteiger partial charge on any atom is -0.512 e. The number of hydrogen-bond donors (Lipinski definition) is 2. The van der Waals surface area contributed by atoms with Gasteiger partial charge in [-0.3, -0.25) is 9.59 Å². The molecule has 3 heterocycles.